The van der Waals surface area contributed by atoms with Gasteiger partial charge in [-0.3, -0.25) is 4.79 Å². The smallest absolute Gasteiger partial charge is 0.230 e. The van der Waals surface area contributed by atoms with Crippen LogP contribution in [-0.4, -0.2) is 42.1 Å². The molecule has 9 heteroatoms. The maximum Gasteiger partial charge on any atom is 0.230 e. The zero-order chi connectivity index (χ0) is 16.7. The topological polar surface area (TPSA) is 76.1 Å². The highest BCUT2D eigenvalue weighted by molar-refractivity contribution is 8.01. The Hall–Kier alpha value is -0.830. The molecule has 5 nitrogen and oxygen atoms in total. The fourth-order valence-corrected chi connectivity index (χ4v) is 6.66. The number of aromatic nitrogens is 1. The van der Waals surface area contributed by atoms with E-state index in [9.17, 15) is 13.2 Å². The van der Waals surface area contributed by atoms with Crippen LogP contribution in [0.2, 0.25) is 5.02 Å². The summed E-state index contributed by atoms with van der Waals surface area (Å²) in [7, 11) is -3.03. The molecule has 2 heterocycles. The van der Waals surface area contributed by atoms with Crippen molar-refractivity contribution in [1.82, 2.24) is 10.3 Å². The van der Waals surface area contributed by atoms with Crippen LogP contribution in [0.4, 0.5) is 0 Å². The summed E-state index contributed by atoms with van der Waals surface area (Å²) in [5, 5.41) is 3.47. The van der Waals surface area contributed by atoms with Crippen LogP contribution in [0.3, 0.4) is 0 Å². The number of hydrogen-bond acceptors (Lipinski definition) is 6. The standard InChI is InChI=1S/C14H15ClN2O3S3/c1-14(4-5-23(19,20)8-14)17-12(18)7-21-13-16-10-6-9(15)2-3-11(10)22-13/h2-3,6H,4-5,7-8H2,1H3,(H,17,18)/t14-/m1/s1. The Morgan fingerprint density at radius 2 is 2.30 bits per heavy atom. The van der Waals surface area contributed by atoms with Crippen molar-refractivity contribution in [2.45, 2.75) is 23.2 Å². The lowest BCUT2D eigenvalue weighted by molar-refractivity contribution is -0.120. The molecule has 1 amide bonds. The minimum atomic E-state index is -3.03. The van der Waals surface area contributed by atoms with Gasteiger partial charge in [0, 0.05) is 5.02 Å². The second-order valence-electron chi connectivity index (χ2n) is 5.83. The van der Waals surface area contributed by atoms with Crippen molar-refractivity contribution in [3.8, 4) is 0 Å². The van der Waals surface area contributed by atoms with Gasteiger partial charge in [-0.1, -0.05) is 23.4 Å². The van der Waals surface area contributed by atoms with Crippen LogP contribution in [0.25, 0.3) is 10.2 Å². The predicted molar refractivity (Wildman–Crippen MR) is 95.2 cm³/mol. The highest BCUT2D eigenvalue weighted by Crippen LogP contribution is 2.31. The van der Waals surface area contributed by atoms with Crippen molar-refractivity contribution in [2.24, 2.45) is 0 Å². The number of benzene rings is 1. The Bertz CT molecular complexity index is 865. The molecule has 1 aromatic heterocycles. The molecule has 1 saturated heterocycles. The van der Waals surface area contributed by atoms with E-state index in [0.717, 1.165) is 14.6 Å². The Kier molecular flexibility index (Phi) is 4.61. The first kappa shape index (κ1) is 17.0. The van der Waals surface area contributed by atoms with Gasteiger partial charge in [0.1, 0.15) is 0 Å². The molecule has 0 radical (unpaired) electrons. The van der Waals surface area contributed by atoms with Crippen molar-refractivity contribution >= 4 is 60.7 Å². The number of amides is 1. The summed E-state index contributed by atoms with van der Waals surface area (Å²) in [6.45, 7) is 1.78. The lowest BCUT2D eigenvalue weighted by Crippen LogP contribution is -2.47. The highest BCUT2D eigenvalue weighted by Gasteiger charge is 2.39. The van der Waals surface area contributed by atoms with E-state index in [4.69, 9.17) is 11.6 Å². The minimum absolute atomic E-state index is 0.00996. The van der Waals surface area contributed by atoms with Crippen LogP contribution < -0.4 is 5.32 Å². The third kappa shape index (κ3) is 4.17. The molecule has 1 atom stereocenters. The molecule has 0 unspecified atom stereocenters. The maximum absolute atomic E-state index is 12.1. The molecular formula is C14H15ClN2O3S3. The normalized spacial score (nSPS) is 23.2. The first-order valence-electron chi connectivity index (χ1n) is 6.95. The molecule has 0 bridgehead atoms. The van der Waals surface area contributed by atoms with E-state index < -0.39 is 15.4 Å². The van der Waals surface area contributed by atoms with E-state index in [2.05, 4.69) is 10.3 Å². The molecule has 124 valence electrons. The monoisotopic (exact) mass is 390 g/mol. The number of thioether (sulfide) groups is 1. The second kappa shape index (κ2) is 6.23. The molecule has 0 saturated carbocycles. The van der Waals surface area contributed by atoms with Crippen LogP contribution in [-0.2, 0) is 14.6 Å². The summed E-state index contributed by atoms with van der Waals surface area (Å²) >= 11 is 8.79. The summed E-state index contributed by atoms with van der Waals surface area (Å²) in [5.74, 6) is 0.182. The SMILES string of the molecule is C[C@@]1(NC(=O)CSc2nc3cc(Cl)ccc3s2)CCS(=O)(=O)C1. The molecule has 2 aromatic rings. The lowest BCUT2D eigenvalue weighted by Gasteiger charge is -2.23. The number of thiazole rings is 1. The summed E-state index contributed by atoms with van der Waals surface area (Å²) in [4.78, 5) is 16.5. The van der Waals surface area contributed by atoms with E-state index in [1.807, 2.05) is 12.1 Å². The van der Waals surface area contributed by atoms with Crippen molar-refractivity contribution < 1.29 is 13.2 Å². The third-order valence-corrected chi connectivity index (χ3v) is 7.92. The average Bonchev–Trinajstić information content (AvgIpc) is 2.96. The van der Waals surface area contributed by atoms with Gasteiger partial charge in [0.05, 0.1) is 33.0 Å². The third-order valence-electron chi connectivity index (χ3n) is 3.60. The Morgan fingerprint density at radius 3 is 3.00 bits per heavy atom. The van der Waals surface area contributed by atoms with Gasteiger partial charge < -0.3 is 5.32 Å². The first-order valence-corrected chi connectivity index (χ1v) is 11.0. The largest absolute Gasteiger partial charge is 0.349 e. The molecule has 0 aliphatic carbocycles. The van der Waals surface area contributed by atoms with Crippen LogP contribution in [0.1, 0.15) is 13.3 Å². The van der Waals surface area contributed by atoms with Gasteiger partial charge >= 0.3 is 0 Å². The zero-order valence-electron chi connectivity index (χ0n) is 12.3. The van der Waals surface area contributed by atoms with Gasteiger partial charge in [0.25, 0.3) is 0 Å². The second-order valence-corrected chi connectivity index (χ2v) is 10.7. The minimum Gasteiger partial charge on any atom is -0.349 e. The fourth-order valence-electron chi connectivity index (χ4n) is 2.55. The van der Waals surface area contributed by atoms with Crippen LogP contribution in [0, 0.1) is 0 Å². The van der Waals surface area contributed by atoms with Crippen LogP contribution >= 0.6 is 34.7 Å². The van der Waals surface area contributed by atoms with E-state index in [1.54, 1.807) is 13.0 Å². The number of rotatable bonds is 4. The molecule has 23 heavy (non-hydrogen) atoms. The number of carbonyl (C=O) groups is 1. The molecule has 1 aromatic carbocycles. The Labute approximate surface area is 147 Å². The number of hydrogen-bond donors (Lipinski definition) is 1. The van der Waals surface area contributed by atoms with Crippen molar-refractivity contribution in [2.75, 3.05) is 17.3 Å². The Balaban J connectivity index is 1.60. The van der Waals surface area contributed by atoms with Crippen molar-refractivity contribution in [3.05, 3.63) is 23.2 Å². The van der Waals surface area contributed by atoms with Gasteiger partial charge in [-0.2, -0.15) is 0 Å². The summed E-state index contributed by atoms with van der Waals surface area (Å²) < 4.78 is 24.9. The number of carbonyl (C=O) groups excluding carboxylic acids is 1. The molecule has 1 aliphatic rings. The number of nitrogens with one attached hydrogen (secondary N) is 1. The van der Waals surface area contributed by atoms with Gasteiger partial charge in [0.2, 0.25) is 5.91 Å². The van der Waals surface area contributed by atoms with Gasteiger partial charge in [-0.15, -0.1) is 11.3 Å². The molecular weight excluding hydrogens is 376 g/mol. The van der Waals surface area contributed by atoms with E-state index in [0.29, 0.717) is 11.4 Å². The van der Waals surface area contributed by atoms with Gasteiger partial charge in [0.15, 0.2) is 14.2 Å². The molecule has 3 rings (SSSR count). The molecule has 1 N–H and O–H groups in total. The Morgan fingerprint density at radius 1 is 1.52 bits per heavy atom. The van der Waals surface area contributed by atoms with Crippen LogP contribution in [0.5, 0.6) is 0 Å². The van der Waals surface area contributed by atoms with Crippen LogP contribution in [0.15, 0.2) is 22.5 Å². The summed E-state index contributed by atoms with van der Waals surface area (Å²) in [6.07, 6.45) is 0.464. The number of nitrogens with zero attached hydrogens (tertiary/aromatic N) is 1. The fraction of sp³-hybridized carbons (Fsp3) is 0.429. The maximum atomic E-state index is 12.1. The predicted octanol–water partition coefficient (Wildman–Crippen LogP) is 2.74. The van der Waals surface area contributed by atoms with E-state index >= 15 is 0 Å². The quantitative estimate of drug-likeness (QED) is 0.812. The first-order chi connectivity index (χ1) is 10.7. The number of sulfone groups is 1. The van der Waals surface area contributed by atoms with Gasteiger partial charge in [-0.05, 0) is 31.5 Å². The average molecular weight is 391 g/mol. The molecule has 0 spiro atoms. The lowest BCUT2D eigenvalue weighted by atomic mass is 10.0. The number of fused-ring (bicyclic) bond motifs is 1. The summed E-state index contributed by atoms with van der Waals surface area (Å²) in [6, 6.07) is 5.51. The van der Waals surface area contributed by atoms with Crippen molar-refractivity contribution in [3.63, 3.8) is 0 Å². The summed E-state index contributed by atoms with van der Waals surface area (Å²) in [5.41, 5.74) is 0.164. The zero-order valence-corrected chi connectivity index (χ0v) is 15.5. The molecule has 1 fully saturated rings. The molecule has 1 aliphatic heterocycles. The van der Waals surface area contributed by atoms with Crippen molar-refractivity contribution in [1.29, 1.82) is 0 Å². The highest BCUT2D eigenvalue weighted by atomic mass is 35.5. The van der Waals surface area contributed by atoms with E-state index in [1.165, 1.54) is 23.1 Å². The van der Waals surface area contributed by atoms with Gasteiger partial charge in [-0.25, -0.2) is 13.4 Å². The number of halogens is 1. The van der Waals surface area contributed by atoms with E-state index in [-0.39, 0.29) is 23.2 Å².